The molecule has 0 radical (unpaired) electrons. The molecule has 3 aromatic carbocycles. The molecule has 1 atom stereocenters. The molecular weight excluding hydrogens is 324 g/mol. The van der Waals surface area contributed by atoms with E-state index < -0.39 is 6.10 Å². The van der Waals surface area contributed by atoms with Gasteiger partial charge in [0.1, 0.15) is 11.5 Å². The van der Waals surface area contributed by atoms with Crippen LogP contribution in [-0.4, -0.2) is 12.9 Å². The largest absolute Gasteiger partial charge is 0.497 e. The van der Waals surface area contributed by atoms with Crippen molar-refractivity contribution in [2.24, 2.45) is 0 Å². The van der Waals surface area contributed by atoms with Gasteiger partial charge in [0.2, 0.25) is 0 Å². The van der Waals surface area contributed by atoms with Crippen molar-refractivity contribution < 1.29 is 14.3 Å². The minimum Gasteiger partial charge on any atom is -0.497 e. The van der Waals surface area contributed by atoms with Crippen molar-refractivity contribution in [1.82, 2.24) is 0 Å². The molecular formula is C23H18O3. The number of ketones is 1. The van der Waals surface area contributed by atoms with Crippen molar-refractivity contribution in [3.05, 3.63) is 101 Å². The Hall–Kier alpha value is -3.33. The lowest BCUT2D eigenvalue weighted by atomic mass is 9.89. The Morgan fingerprint density at radius 2 is 1.69 bits per heavy atom. The minimum absolute atomic E-state index is 0.0106. The molecule has 0 saturated heterocycles. The van der Waals surface area contributed by atoms with Gasteiger partial charge < -0.3 is 9.47 Å². The van der Waals surface area contributed by atoms with Gasteiger partial charge in [-0.25, -0.2) is 0 Å². The highest BCUT2D eigenvalue weighted by atomic mass is 16.5. The van der Waals surface area contributed by atoms with Gasteiger partial charge in [0, 0.05) is 5.57 Å². The molecule has 0 aliphatic carbocycles. The maximum Gasteiger partial charge on any atom is 0.196 e. The fourth-order valence-corrected chi connectivity index (χ4v) is 3.15. The van der Waals surface area contributed by atoms with Gasteiger partial charge in [-0.05, 0) is 41.5 Å². The highest BCUT2D eigenvalue weighted by Gasteiger charge is 2.32. The number of Topliss-reactive ketones (excluding diaryl/α,β-unsaturated/α-hetero) is 1. The zero-order chi connectivity index (χ0) is 17.9. The van der Waals surface area contributed by atoms with Crippen molar-refractivity contribution in [2.45, 2.75) is 6.10 Å². The van der Waals surface area contributed by atoms with Crippen LogP contribution >= 0.6 is 0 Å². The quantitative estimate of drug-likeness (QED) is 0.622. The monoisotopic (exact) mass is 342 g/mol. The van der Waals surface area contributed by atoms with E-state index in [9.17, 15) is 4.79 Å². The molecule has 3 aromatic rings. The lowest BCUT2D eigenvalue weighted by Gasteiger charge is -2.28. The molecule has 26 heavy (non-hydrogen) atoms. The van der Waals surface area contributed by atoms with Crippen molar-refractivity contribution in [3.8, 4) is 11.5 Å². The van der Waals surface area contributed by atoms with E-state index in [4.69, 9.17) is 9.47 Å². The predicted molar refractivity (Wildman–Crippen MR) is 102 cm³/mol. The van der Waals surface area contributed by atoms with Crippen LogP contribution in [0.2, 0.25) is 0 Å². The Bertz CT molecular complexity index is 974. The fourth-order valence-electron chi connectivity index (χ4n) is 3.15. The smallest absolute Gasteiger partial charge is 0.196 e. The molecule has 0 saturated carbocycles. The normalized spacial score (nSPS) is 17.5. The van der Waals surface area contributed by atoms with Crippen LogP contribution in [0.15, 0.2) is 84.4 Å². The lowest BCUT2D eigenvalue weighted by molar-refractivity contribution is 0.0963. The first-order valence-corrected chi connectivity index (χ1v) is 8.47. The van der Waals surface area contributed by atoms with Gasteiger partial charge >= 0.3 is 0 Å². The summed E-state index contributed by atoms with van der Waals surface area (Å²) in [6.07, 6.45) is 1.45. The molecule has 0 aromatic heterocycles. The molecule has 0 spiro atoms. The highest BCUT2D eigenvalue weighted by molar-refractivity contribution is 6.14. The van der Waals surface area contributed by atoms with Gasteiger partial charge in [-0.15, -0.1) is 0 Å². The molecule has 0 bridgehead atoms. The Kier molecular flexibility index (Phi) is 4.28. The summed E-state index contributed by atoms with van der Waals surface area (Å²) in [5.41, 5.74) is 3.05. The molecule has 3 nitrogen and oxygen atoms in total. The van der Waals surface area contributed by atoms with Crippen LogP contribution in [0.3, 0.4) is 0 Å². The van der Waals surface area contributed by atoms with E-state index in [1.165, 1.54) is 0 Å². The molecule has 0 N–H and O–H groups in total. The third kappa shape index (κ3) is 3.00. The first-order valence-electron chi connectivity index (χ1n) is 8.47. The average molecular weight is 342 g/mol. The summed E-state index contributed by atoms with van der Waals surface area (Å²) < 4.78 is 11.5. The lowest BCUT2D eigenvalue weighted by Crippen LogP contribution is -2.23. The van der Waals surface area contributed by atoms with Crippen LogP contribution in [0.5, 0.6) is 11.5 Å². The average Bonchev–Trinajstić information content (AvgIpc) is 2.71. The number of benzene rings is 3. The third-order valence-electron chi connectivity index (χ3n) is 4.44. The van der Waals surface area contributed by atoms with E-state index in [2.05, 4.69) is 0 Å². The summed E-state index contributed by atoms with van der Waals surface area (Å²) in [7, 11) is 1.63. The molecule has 0 fully saturated rings. The zero-order valence-corrected chi connectivity index (χ0v) is 14.4. The predicted octanol–water partition coefficient (Wildman–Crippen LogP) is 5.10. The number of methoxy groups -OCH3 is 1. The zero-order valence-electron chi connectivity index (χ0n) is 14.4. The second-order valence-corrected chi connectivity index (χ2v) is 6.11. The number of hydrogen-bond donors (Lipinski definition) is 0. The van der Waals surface area contributed by atoms with Gasteiger partial charge in [0.05, 0.1) is 12.7 Å². The molecule has 1 aliphatic heterocycles. The number of carbonyl (C=O) groups excluding carboxylic acids is 1. The van der Waals surface area contributed by atoms with Crippen LogP contribution in [0.4, 0.5) is 0 Å². The summed E-state index contributed by atoms with van der Waals surface area (Å²) in [6, 6.07) is 24.8. The molecule has 1 aliphatic rings. The Morgan fingerprint density at radius 3 is 2.50 bits per heavy atom. The Balaban J connectivity index is 1.85. The third-order valence-corrected chi connectivity index (χ3v) is 4.44. The molecule has 1 heterocycles. The standard InChI is InChI=1S/C23H18O3/c1-25-18-11-7-8-16(14-18)15-20-22(24)19-12-5-6-13-21(19)26-23(20)17-9-3-2-4-10-17/h2-15,23H,1H3/b20-15-. The van der Waals surface area contributed by atoms with E-state index >= 15 is 0 Å². The van der Waals surface area contributed by atoms with E-state index in [0.717, 1.165) is 16.9 Å². The number of para-hydroxylation sites is 1. The van der Waals surface area contributed by atoms with Gasteiger partial charge in [-0.1, -0.05) is 54.6 Å². The van der Waals surface area contributed by atoms with Crippen LogP contribution < -0.4 is 9.47 Å². The van der Waals surface area contributed by atoms with E-state index in [1.54, 1.807) is 13.2 Å². The minimum atomic E-state index is -0.440. The summed E-state index contributed by atoms with van der Waals surface area (Å²) in [5, 5.41) is 0. The van der Waals surface area contributed by atoms with Crippen molar-refractivity contribution in [1.29, 1.82) is 0 Å². The van der Waals surface area contributed by atoms with Gasteiger partial charge in [0.15, 0.2) is 11.9 Å². The number of hydrogen-bond acceptors (Lipinski definition) is 3. The van der Waals surface area contributed by atoms with Crippen molar-refractivity contribution in [2.75, 3.05) is 7.11 Å². The van der Waals surface area contributed by atoms with E-state index in [-0.39, 0.29) is 5.78 Å². The van der Waals surface area contributed by atoms with E-state index in [0.29, 0.717) is 16.9 Å². The summed E-state index contributed by atoms with van der Waals surface area (Å²) in [4.78, 5) is 13.2. The van der Waals surface area contributed by atoms with Gasteiger partial charge in [0.25, 0.3) is 0 Å². The fraction of sp³-hybridized carbons (Fsp3) is 0.0870. The first-order chi connectivity index (χ1) is 12.8. The van der Waals surface area contributed by atoms with Crippen molar-refractivity contribution >= 4 is 11.9 Å². The summed E-state index contributed by atoms with van der Waals surface area (Å²) in [6.45, 7) is 0. The molecule has 128 valence electrons. The summed E-state index contributed by atoms with van der Waals surface area (Å²) in [5.74, 6) is 1.36. The second-order valence-electron chi connectivity index (χ2n) is 6.11. The topological polar surface area (TPSA) is 35.5 Å². The second kappa shape index (κ2) is 6.89. The van der Waals surface area contributed by atoms with Crippen molar-refractivity contribution in [3.63, 3.8) is 0 Å². The van der Waals surface area contributed by atoms with Crippen LogP contribution in [0, 0.1) is 0 Å². The highest BCUT2D eigenvalue weighted by Crippen LogP contribution is 2.39. The van der Waals surface area contributed by atoms with Crippen LogP contribution in [0.25, 0.3) is 6.08 Å². The van der Waals surface area contributed by atoms with Crippen LogP contribution in [-0.2, 0) is 0 Å². The van der Waals surface area contributed by atoms with Crippen LogP contribution in [0.1, 0.15) is 27.6 Å². The summed E-state index contributed by atoms with van der Waals surface area (Å²) >= 11 is 0. The number of rotatable bonds is 3. The number of carbonyl (C=O) groups is 1. The van der Waals surface area contributed by atoms with E-state index in [1.807, 2.05) is 78.9 Å². The van der Waals surface area contributed by atoms with Gasteiger partial charge in [-0.3, -0.25) is 4.79 Å². The maximum atomic E-state index is 13.2. The first kappa shape index (κ1) is 16.2. The van der Waals surface area contributed by atoms with Gasteiger partial charge in [-0.2, -0.15) is 0 Å². The number of ether oxygens (including phenoxy) is 2. The Morgan fingerprint density at radius 1 is 0.923 bits per heavy atom. The molecule has 0 amide bonds. The Labute approximate surface area is 152 Å². The molecule has 1 unspecified atom stereocenters. The molecule has 4 rings (SSSR count). The maximum absolute atomic E-state index is 13.2. The number of fused-ring (bicyclic) bond motifs is 1. The SMILES string of the molecule is COc1cccc(/C=C2/C(=O)c3ccccc3OC2c2ccccc2)c1. The molecule has 3 heteroatoms.